The fraction of sp³-hybridized carbons (Fsp3) is 0.623. The third-order valence-electron chi connectivity index (χ3n) is 16.9. The molecule has 1 aromatic heterocycles. The van der Waals surface area contributed by atoms with Crippen molar-refractivity contribution in [2.45, 2.75) is 127 Å². The Morgan fingerprint density at radius 1 is 0.971 bits per heavy atom. The molecule has 6 heterocycles. The summed E-state index contributed by atoms with van der Waals surface area (Å²) in [7, 11) is 6.18. The summed E-state index contributed by atoms with van der Waals surface area (Å²) in [6.45, 7) is 13.9. The Balaban J connectivity index is 1.30. The molecule has 3 N–H and O–H groups in total. The number of benzene rings is 1. The van der Waals surface area contributed by atoms with Crippen molar-refractivity contribution in [3.05, 3.63) is 76.7 Å². The zero-order chi connectivity index (χ0) is 48.9. The standard InChI is InChI=1S/C53H70N4O11/c1-11-49(62)27-33-28-52(46(60)65-9,42-34(18-22-56(29-33)30-49)35-24-32(14-16-38(35)54-42)15-17-41(59)68-48(4,5)6)37-25-36-39(26-40(37)64-8)55(7)44-51(36)20-23-57-21-13-19-50(12-2,43(51)57)45(67-31(3)58)53(44,63)47(61)66-10/h13-17,19,24-26,33,37,40,43-45,54,62-63H,11-12,18,20-23,27-30H2,1-10H3/b17-15+/t33-,37?,40?,43+,44-,45-,49+,50-,51-,52+,53+/m1/s1. The van der Waals surface area contributed by atoms with Crippen LogP contribution in [0.2, 0.25) is 0 Å². The zero-order valence-electron chi connectivity index (χ0n) is 41.3. The number of allylic oxidation sites excluding steroid dienone is 1. The fourth-order valence-corrected chi connectivity index (χ4v) is 14.6. The minimum absolute atomic E-state index is 0.141. The van der Waals surface area contributed by atoms with Gasteiger partial charge in [0.1, 0.15) is 11.0 Å². The van der Waals surface area contributed by atoms with Crippen molar-refractivity contribution in [3.8, 4) is 0 Å². The molecule has 15 nitrogen and oxygen atoms in total. The maximum atomic E-state index is 15.7. The van der Waals surface area contributed by atoms with Crippen LogP contribution in [-0.2, 0) is 54.7 Å². The first-order chi connectivity index (χ1) is 32.2. The molecule has 1 aromatic carbocycles. The number of likely N-dealkylation sites (tertiary alicyclic amines) is 1. The highest BCUT2D eigenvalue weighted by Gasteiger charge is 2.81. The topological polar surface area (TPSA) is 180 Å². The number of rotatable bonds is 9. The Labute approximate surface area is 399 Å². The monoisotopic (exact) mass is 939 g/mol. The van der Waals surface area contributed by atoms with Crippen molar-refractivity contribution in [2.75, 3.05) is 61.1 Å². The number of nitrogens with one attached hydrogen (secondary N) is 1. The van der Waals surface area contributed by atoms with E-state index >= 15 is 4.79 Å². The predicted octanol–water partition coefficient (Wildman–Crippen LogP) is 4.99. The minimum atomic E-state index is -2.33. The quantitative estimate of drug-likeness (QED) is 0.133. The predicted molar refractivity (Wildman–Crippen MR) is 254 cm³/mol. The summed E-state index contributed by atoms with van der Waals surface area (Å²) in [5.74, 6) is -3.25. The van der Waals surface area contributed by atoms with Crippen molar-refractivity contribution >= 4 is 40.9 Å². The van der Waals surface area contributed by atoms with E-state index in [4.69, 9.17) is 23.7 Å². The molecule has 12 atom stereocenters. The molecule has 2 aliphatic carbocycles. The summed E-state index contributed by atoms with van der Waals surface area (Å²) < 4.78 is 29.9. The number of H-pyrrole nitrogens is 1. The first kappa shape index (κ1) is 48.2. The number of likely N-dealkylation sites (N-methyl/N-ethyl adjacent to an activating group) is 1. The molecule has 0 radical (unpaired) electrons. The van der Waals surface area contributed by atoms with Gasteiger partial charge in [-0.2, -0.15) is 0 Å². The summed E-state index contributed by atoms with van der Waals surface area (Å²) in [5, 5.41) is 26.5. The van der Waals surface area contributed by atoms with Crippen molar-refractivity contribution in [1.82, 2.24) is 19.7 Å². The smallest absolute Gasteiger partial charge is 0.344 e. The van der Waals surface area contributed by atoms with E-state index in [-0.39, 0.29) is 12.0 Å². The first-order valence-electron chi connectivity index (χ1n) is 24.4. The van der Waals surface area contributed by atoms with E-state index in [0.717, 1.165) is 33.3 Å². The molecule has 1 spiro atoms. The number of nitrogens with zero attached hydrogens (tertiary/aromatic N) is 3. The number of carbonyl (C=O) groups excluding carboxylic acids is 4. The van der Waals surface area contributed by atoms with E-state index in [1.165, 1.54) is 27.2 Å². The van der Waals surface area contributed by atoms with Crippen LogP contribution in [0.4, 0.5) is 0 Å². The maximum Gasteiger partial charge on any atom is 0.344 e. The Hall–Kier alpha value is -4.80. The van der Waals surface area contributed by atoms with E-state index in [2.05, 4.69) is 20.9 Å². The van der Waals surface area contributed by atoms with Crippen LogP contribution in [0.25, 0.3) is 17.0 Å². The van der Waals surface area contributed by atoms with Crippen LogP contribution in [-0.4, -0.2) is 156 Å². The number of piperidine rings is 1. The van der Waals surface area contributed by atoms with E-state index in [1.807, 2.05) is 83.0 Å². The van der Waals surface area contributed by atoms with Crippen molar-refractivity contribution in [2.24, 2.45) is 22.7 Å². The number of aromatic amines is 1. The van der Waals surface area contributed by atoms with Gasteiger partial charge in [0.15, 0.2) is 6.10 Å². The number of methoxy groups -OCH3 is 3. The van der Waals surface area contributed by atoms with Gasteiger partial charge in [-0.1, -0.05) is 38.1 Å². The van der Waals surface area contributed by atoms with Gasteiger partial charge >= 0.3 is 23.9 Å². The maximum absolute atomic E-state index is 15.7. The van der Waals surface area contributed by atoms with Crippen LogP contribution in [0.1, 0.15) is 90.5 Å². The van der Waals surface area contributed by atoms with Crippen LogP contribution in [0, 0.1) is 22.7 Å². The van der Waals surface area contributed by atoms with Crippen molar-refractivity contribution in [1.29, 1.82) is 0 Å². The van der Waals surface area contributed by atoms with Gasteiger partial charge in [-0.25, -0.2) is 9.59 Å². The van der Waals surface area contributed by atoms with Gasteiger partial charge in [-0.15, -0.1) is 0 Å². The summed E-state index contributed by atoms with van der Waals surface area (Å²) in [5.41, 5.74) is -2.44. The van der Waals surface area contributed by atoms with E-state index in [0.29, 0.717) is 76.9 Å². The zero-order valence-corrected chi connectivity index (χ0v) is 41.3. The highest BCUT2D eigenvalue weighted by atomic mass is 16.6. The minimum Gasteiger partial charge on any atom is -0.468 e. The lowest BCUT2D eigenvalue weighted by atomic mass is 9.47. The number of aliphatic hydroxyl groups is 2. The van der Waals surface area contributed by atoms with E-state index in [9.17, 15) is 24.6 Å². The number of aromatic nitrogens is 1. The molecule has 2 bridgehead atoms. The molecule has 68 heavy (non-hydrogen) atoms. The average molecular weight is 939 g/mol. The molecule has 2 aromatic rings. The van der Waals surface area contributed by atoms with E-state index < -0.39 is 81.1 Å². The largest absolute Gasteiger partial charge is 0.468 e. The highest BCUT2D eigenvalue weighted by Crippen LogP contribution is 2.70. The Morgan fingerprint density at radius 2 is 1.72 bits per heavy atom. The van der Waals surface area contributed by atoms with Gasteiger partial charge in [0.05, 0.1) is 32.0 Å². The SMILES string of the molecule is CC[C@]1(O)C[C@H]2CN(CCc3c([nH]c4ccc(/C=C/C(=O)OC(C)(C)C)cc34)[C@@](C(=O)OC)(C3C=C4C(=CC3OC)N(C)[C@H]3[C@@](O)(C(=O)OC)[C@H](OC(C)=O)[C@]5(CC)C=CCN6CC[C@]43[C@@H]65)C2)C1. The molecule has 3 saturated heterocycles. The summed E-state index contributed by atoms with van der Waals surface area (Å²) >= 11 is 0. The lowest BCUT2D eigenvalue weighted by Gasteiger charge is -2.63. The molecule has 9 rings (SSSR count). The number of fused-ring (bicyclic) bond motifs is 6. The average Bonchev–Trinajstić information content (AvgIpc) is 3.96. The number of ether oxygens (including phenoxy) is 5. The molecular weight excluding hydrogens is 869 g/mol. The van der Waals surface area contributed by atoms with E-state index in [1.54, 1.807) is 13.2 Å². The van der Waals surface area contributed by atoms with Crippen molar-refractivity contribution in [3.63, 3.8) is 0 Å². The number of hydrogen-bond acceptors (Lipinski definition) is 14. The Bertz CT molecular complexity index is 2520. The Kier molecular flexibility index (Phi) is 12.0. The normalized spacial score (nSPS) is 37.4. The van der Waals surface area contributed by atoms with Gasteiger partial charge in [0, 0.05) is 98.4 Å². The molecule has 15 heteroatoms. The van der Waals surface area contributed by atoms with Crippen LogP contribution in [0.3, 0.4) is 0 Å². The second-order valence-corrected chi connectivity index (χ2v) is 21.7. The van der Waals surface area contributed by atoms with Gasteiger partial charge in [-0.05, 0) is 113 Å². The van der Waals surface area contributed by atoms with Crippen LogP contribution in [0.5, 0.6) is 0 Å². The number of esters is 4. The van der Waals surface area contributed by atoms with Gasteiger partial charge in [-0.3, -0.25) is 19.4 Å². The lowest BCUT2D eigenvalue weighted by Crippen LogP contribution is -2.79. The molecule has 368 valence electrons. The van der Waals surface area contributed by atoms with Gasteiger partial charge in [0.25, 0.3) is 0 Å². The van der Waals surface area contributed by atoms with Crippen LogP contribution >= 0.6 is 0 Å². The molecule has 4 fully saturated rings. The summed E-state index contributed by atoms with van der Waals surface area (Å²) in [4.78, 5) is 66.6. The molecule has 3 unspecified atom stereocenters. The van der Waals surface area contributed by atoms with Gasteiger partial charge < -0.3 is 43.8 Å². The summed E-state index contributed by atoms with van der Waals surface area (Å²) in [6, 6.07) is 4.67. The molecule has 5 aliphatic heterocycles. The van der Waals surface area contributed by atoms with Crippen LogP contribution < -0.4 is 0 Å². The Morgan fingerprint density at radius 3 is 2.38 bits per heavy atom. The first-order valence-corrected chi connectivity index (χ1v) is 24.4. The molecule has 0 amide bonds. The lowest BCUT2D eigenvalue weighted by molar-refractivity contribution is -0.243. The number of hydrogen-bond donors (Lipinski definition) is 3. The fourth-order valence-electron chi connectivity index (χ4n) is 14.6. The second-order valence-electron chi connectivity index (χ2n) is 21.7. The molecule has 1 saturated carbocycles. The number of carbonyl (C=O) groups is 4. The molecule has 7 aliphatic rings. The summed E-state index contributed by atoms with van der Waals surface area (Å²) in [6.07, 6.45) is 12.4. The van der Waals surface area contributed by atoms with Gasteiger partial charge in [0.2, 0.25) is 5.60 Å². The third kappa shape index (κ3) is 7.06. The van der Waals surface area contributed by atoms with Crippen molar-refractivity contribution < 1.29 is 53.1 Å². The third-order valence-corrected chi connectivity index (χ3v) is 16.9. The highest BCUT2D eigenvalue weighted by molar-refractivity contribution is 5.94. The molecular formula is C53H70N4O11. The van der Waals surface area contributed by atoms with Crippen LogP contribution in [0.15, 0.2) is 59.8 Å². The second kappa shape index (κ2) is 17.0.